The number of rotatable bonds is 12. The maximum absolute atomic E-state index is 15.3. The molecule has 2 aliphatic rings. The Bertz CT molecular complexity index is 1520. The number of halogens is 4. The predicted molar refractivity (Wildman–Crippen MR) is 157 cm³/mol. The van der Waals surface area contributed by atoms with Crippen LogP contribution in [0.3, 0.4) is 0 Å². The molecule has 2 heterocycles. The second-order valence-electron chi connectivity index (χ2n) is 12.1. The van der Waals surface area contributed by atoms with Crippen molar-refractivity contribution in [1.29, 1.82) is 0 Å². The summed E-state index contributed by atoms with van der Waals surface area (Å²) in [6, 6.07) is 5.90. The van der Waals surface area contributed by atoms with E-state index in [1.165, 1.54) is 43.6 Å². The molecule has 13 heteroatoms. The summed E-state index contributed by atoms with van der Waals surface area (Å²) in [7, 11) is 0. The molecule has 0 radical (unpaired) electrons. The van der Waals surface area contributed by atoms with Gasteiger partial charge in [-0.1, -0.05) is 12.1 Å². The zero-order chi connectivity index (χ0) is 32.5. The van der Waals surface area contributed by atoms with Gasteiger partial charge in [-0.05, 0) is 100 Å². The monoisotopic (exact) mass is 628 g/mol. The van der Waals surface area contributed by atoms with Crippen molar-refractivity contribution < 1.29 is 31.9 Å². The fourth-order valence-electron chi connectivity index (χ4n) is 5.75. The number of benzene rings is 1. The maximum atomic E-state index is 15.3. The van der Waals surface area contributed by atoms with E-state index in [0.717, 1.165) is 37.8 Å². The Morgan fingerprint density at radius 1 is 0.911 bits per heavy atom. The number of anilines is 1. The van der Waals surface area contributed by atoms with Crippen molar-refractivity contribution in [1.82, 2.24) is 25.4 Å². The summed E-state index contributed by atoms with van der Waals surface area (Å²) < 4.78 is 58.1. The standard InChI is InChI=1S/C32H36F4N6O3/c1-17(2)42-25(13-15-38-42)30(44)40-27(26(19-7-8-19)20-9-10-20)31(45)39-23-12-11-21(16-22(23)33)18(3)29(43)41-28(32(34,35)36)24-6-4-5-14-37-24/h4-6,11-20,26-28H,7-10H2,1-3H3,(H,39,45)(H,40,44)(H,41,43)/t18-,27-,28?/m0/s1. The highest BCUT2D eigenvalue weighted by Gasteiger charge is 2.48. The van der Waals surface area contributed by atoms with Crippen molar-refractivity contribution in [3.8, 4) is 0 Å². The molecule has 2 aliphatic carbocycles. The number of carbonyl (C=O) groups excluding carboxylic acids is 3. The Hall–Kier alpha value is -4.29. The topological polar surface area (TPSA) is 118 Å². The Balaban J connectivity index is 1.31. The second-order valence-corrected chi connectivity index (χ2v) is 12.1. The molecule has 3 N–H and O–H groups in total. The van der Waals surface area contributed by atoms with E-state index in [2.05, 4.69) is 20.7 Å². The molecule has 3 amide bonds. The van der Waals surface area contributed by atoms with Crippen molar-refractivity contribution >= 4 is 23.4 Å². The van der Waals surface area contributed by atoms with E-state index in [4.69, 9.17) is 0 Å². The lowest BCUT2D eigenvalue weighted by atomic mass is 9.88. The third kappa shape index (κ3) is 7.51. The molecule has 0 aliphatic heterocycles. The third-order valence-electron chi connectivity index (χ3n) is 8.42. The minimum atomic E-state index is -4.80. The molecule has 0 bridgehead atoms. The van der Waals surface area contributed by atoms with E-state index in [9.17, 15) is 27.6 Å². The summed E-state index contributed by atoms with van der Waals surface area (Å²) in [5.74, 6) is -3.55. The van der Waals surface area contributed by atoms with Crippen molar-refractivity contribution in [2.24, 2.45) is 17.8 Å². The fourth-order valence-corrected chi connectivity index (χ4v) is 5.75. The van der Waals surface area contributed by atoms with Gasteiger partial charge in [0.15, 0.2) is 6.04 Å². The number of hydrogen-bond acceptors (Lipinski definition) is 5. The molecule has 2 aromatic heterocycles. The number of aromatic nitrogens is 3. The Labute approximate surface area is 258 Å². The third-order valence-corrected chi connectivity index (χ3v) is 8.42. The molecular weight excluding hydrogens is 592 g/mol. The van der Waals surface area contributed by atoms with Crippen LogP contribution in [0.15, 0.2) is 54.9 Å². The van der Waals surface area contributed by atoms with E-state index in [0.29, 0.717) is 5.69 Å². The predicted octanol–water partition coefficient (Wildman–Crippen LogP) is 5.69. The molecule has 2 saturated carbocycles. The second kappa shape index (κ2) is 13.0. The van der Waals surface area contributed by atoms with Crippen LogP contribution in [-0.4, -0.2) is 44.7 Å². The molecule has 1 aromatic carbocycles. The van der Waals surface area contributed by atoms with Gasteiger partial charge in [0.25, 0.3) is 5.91 Å². The van der Waals surface area contributed by atoms with Gasteiger partial charge in [0, 0.05) is 18.4 Å². The van der Waals surface area contributed by atoms with E-state index in [-0.39, 0.29) is 40.7 Å². The molecule has 3 atom stereocenters. The molecule has 9 nitrogen and oxygen atoms in total. The first-order valence-electron chi connectivity index (χ1n) is 15.1. The van der Waals surface area contributed by atoms with Crippen LogP contribution in [0.1, 0.15) is 86.2 Å². The lowest BCUT2D eigenvalue weighted by molar-refractivity contribution is -0.164. The maximum Gasteiger partial charge on any atom is 0.414 e. The van der Waals surface area contributed by atoms with Crippen LogP contribution in [0.4, 0.5) is 23.2 Å². The van der Waals surface area contributed by atoms with Crippen LogP contribution in [0.2, 0.25) is 0 Å². The zero-order valence-electron chi connectivity index (χ0n) is 25.1. The molecule has 5 rings (SSSR count). The van der Waals surface area contributed by atoms with Crippen LogP contribution in [0, 0.1) is 23.6 Å². The first-order valence-corrected chi connectivity index (χ1v) is 15.1. The summed E-state index contributed by atoms with van der Waals surface area (Å²) in [5.41, 5.74) is -0.118. The molecule has 2 fully saturated rings. The van der Waals surface area contributed by atoms with Crippen molar-refractivity contribution in [3.63, 3.8) is 0 Å². The first-order chi connectivity index (χ1) is 21.3. The quantitative estimate of drug-likeness (QED) is 0.223. The number of hydrogen-bond donors (Lipinski definition) is 3. The summed E-state index contributed by atoms with van der Waals surface area (Å²) in [5, 5.41) is 11.7. The zero-order valence-corrected chi connectivity index (χ0v) is 25.1. The number of alkyl halides is 3. The van der Waals surface area contributed by atoms with Crippen LogP contribution < -0.4 is 16.0 Å². The Morgan fingerprint density at radius 3 is 2.16 bits per heavy atom. The normalized spacial score (nSPS) is 17.1. The van der Waals surface area contributed by atoms with Crippen LogP contribution in [0.25, 0.3) is 0 Å². The van der Waals surface area contributed by atoms with E-state index < -0.39 is 47.7 Å². The number of pyridine rings is 1. The highest BCUT2D eigenvalue weighted by atomic mass is 19.4. The summed E-state index contributed by atoms with van der Waals surface area (Å²) in [4.78, 5) is 43.6. The molecular formula is C32H36F4N6O3. The minimum Gasteiger partial charge on any atom is -0.339 e. The van der Waals surface area contributed by atoms with E-state index in [1.807, 2.05) is 19.2 Å². The van der Waals surface area contributed by atoms with Crippen LogP contribution >= 0.6 is 0 Å². The highest BCUT2D eigenvalue weighted by Crippen LogP contribution is 2.51. The molecule has 45 heavy (non-hydrogen) atoms. The van der Waals surface area contributed by atoms with E-state index >= 15 is 4.39 Å². The van der Waals surface area contributed by atoms with Gasteiger partial charge in [-0.3, -0.25) is 24.0 Å². The number of nitrogens with one attached hydrogen (secondary N) is 3. The van der Waals surface area contributed by atoms with Crippen molar-refractivity contribution in [3.05, 3.63) is 77.6 Å². The number of nitrogens with zero attached hydrogens (tertiary/aromatic N) is 3. The lowest BCUT2D eigenvalue weighted by Crippen LogP contribution is -2.50. The van der Waals surface area contributed by atoms with Gasteiger partial charge in [-0.15, -0.1) is 0 Å². The Morgan fingerprint density at radius 2 is 1.60 bits per heavy atom. The average molecular weight is 629 g/mol. The van der Waals surface area contributed by atoms with Gasteiger partial charge in [0.2, 0.25) is 11.8 Å². The summed E-state index contributed by atoms with van der Waals surface area (Å²) in [6.45, 7) is 5.13. The number of carbonyl (C=O) groups is 3. The molecule has 0 saturated heterocycles. The first kappa shape index (κ1) is 32.1. The average Bonchev–Trinajstić information content (AvgIpc) is 3.95. The molecule has 3 aromatic rings. The lowest BCUT2D eigenvalue weighted by Gasteiger charge is -2.28. The molecule has 1 unspecified atom stereocenters. The van der Waals surface area contributed by atoms with Crippen molar-refractivity contribution in [2.75, 3.05) is 5.32 Å². The largest absolute Gasteiger partial charge is 0.414 e. The van der Waals surface area contributed by atoms with Gasteiger partial charge in [-0.25, -0.2) is 4.39 Å². The molecule has 240 valence electrons. The number of amides is 3. The smallest absolute Gasteiger partial charge is 0.339 e. The van der Waals surface area contributed by atoms with Gasteiger partial charge in [0.05, 0.1) is 17.3 Å². The summed E-state index contributed by atoms with van der Waals surface area (Å²) >= 11 is 0. The van der Waals surface area contributed by atoms with Gasteiger partial charge < -0.3 is 16.0 Å². The fraction of sp³-hybridized carbons (Fsp3) is 0.469. The van der Waals surface area contributed by atoms with Gasteiger partial charge in [-0.2, -0.15) is 18.3 Å². The van der Waals surface area contributed by atoms with E-state index in [1.54, 1.807) is 10.7 Å². The summed E-state index contributed by atoms with van der Waals surface area (Å²) in [6.07, 6.45) is 1.70. The minimum absolute atomic E-state index is 0.0814. The molecule has 0 spiro atoms. The van der Waals surface area contributed by atoms with Gasteiger partial charge in [0.1, 0.15) is 17.6 Å². The van der Waals surface area contributed by atoms with Crippen LogP contribution in [-0.2, 0) is 9.59 Å². The Kier molecular flexibility index (Phi) is 9.26. The van der Waals surface area contributed by atoms with Crippen molar-refractivity contribution in [2.45, 2.75) is 76.7 Å². The highest BCUT2D eigenvalue weighted by molar-refractivity contribution is 6.01. The van der Waals surface area contributed by atoms with Gasteiger partial charge >= 0.3 is 6.18 Å². The SMILES string of the molecule is CC(C)n1nccc1C(=O)N[C@H](C(=O)Nc1ccc([C@H](C)C(=O)NC(c2ccccn2)C(F)(F)F)cc1F)C(C1CC1)C1CC1. The van der Waals surface area contributed by atoms with Crippen LogP contribution in [0.5, 0.6) is 0 Å².